The summed E-state index contributed by atoms with van der Waals surface area (Å²) in [5, 5.41) is 0. The summed E-state index contributed by atoms with van der Waals surface area (Å²) < 4.78 is 22.8. The Labute approximate surface area is 110 Å². The van der Waals surface area contributed by atoms with Crippen LogP contribution in [0.3, 0.4) is 0 Å². The summed E-state index contributed by atoms with van der Waals surface area (Å²) in [6.45, 7) is 2.98. The van der Waals surface area contributed by atoms with Gasteiger partial charge in [0.1, 0.15) is 0 Å². The third-order valence-corrected chi connectivity index (χ3v) is 6.05. The fourth-order valence-electron chi connectivity index (χ4n) is 3.15. The van der Waals surface area contributed by atoms with Gasteiger partial charge in [-0.3, -0.25) is 4.79 Å². The van der Waals surface area contributed by atoms with Gasteiger partial charge in [-0.25, -0.2) is 8.42 Å². The van der Waals surface area contributed by atoms with Gasteiger partial charge in [0.05, 0.1) is 11.5 Å². The third-order valence-electron chi connectivity index (χ3n) is 4.21. The lowest BCUT2D eigenvalue weighted by atomic mass is 9.97. The van der Waals surface area contributed by atoms with Crippen LogP contribution in [-0.4, -0.2) is 43.3 Å². The molecule has 0 saturated carbocycles. The molecule has 18 heavy (non-hydrogen) atoms. The Balaban J connectivity index is 1.91. The number of hydrogen-bond acceptors (Lipinski definition) is 3. The molecule has 4 nitrogen and oxygen atoms in total. The minimum absolute atomic E-state index is 0.0573. The van der Waals surface area contributed by atoms with Gasteiger partial charge in [-0.05, 0) is 38.0 Å². The van der Waals surface area contributed by atoms with Gasteiger partial charge in [0, 0.05) is 19.0 Å². The summed E-state index contributed by atoms with van der Waals surface area (Å²) in [5.74, 6) is 0.705. The van der Waals surface area contributed by atoms with Crippen molar-refractivity contribution in [2.75, 3.05) is 18.1 Å². The molecule has 2 unspecified atom stereocenters. The maximum Gasteiger partial charge on any atom is 0.223 e. The van der Waals surface area contributed by atoms with Crippen LogP contribution in [0.1, 0.15) is 45.4 Å². The zero-order valence-corrected chi connectivity index (χ0v) is 11.9. The molecule has 2 atom stereocenters. The predicted octanol–water partition coefficient (Wildman–Crippen LogP) is 1.60. The van der Waals surface area contributed by atoms with Crippen molar-refractivity contribution in [2.45, 2.75) is 51.5 Å². The normalized spacial score (nSPS) is 31.5. The molecular weight excluding hydrogens is 250 g/mol. The molecule has 1 amide bonds. The van der Waals surface area contributed by atoms with Gasteiger partial charge in [-0.1, -0.05) is 6.92 Å². The van der Waals surface area contributed by atoms with Crippen LogP contribution in [0.2, 0.25) is 0 Å². The highest BCUT2D eigenvalue weighted by Crippen LogP contribution is 2.25. The molecule has 0 aromatic rings. The number of carbonyl (C=O) groups excluding carboxylic acids is 1. The van der Waals surface area contributed by atoms with E-state index in [1.54, 1.807) is 0 Å². The van der Waals surface area contributed by atoms with Crippen LogP contribution in [0.5, 0.6) is 0 Å². The molecule has 5 heteroatoms. The molecule has 0 spiro atoms. The van der Waals surface area contributed by atoms with Crippen LogP contribution in [0.25, 0.3) is 0 Å². The first-order chi connectivity index (χ1) is 8.52. The molecule has 104 valence electrons. The highest BCUT2D eigenvalue weighted by molar-refractivity contribution is 7.91. The lowest BCUT2D eigenvalue weighted by molar-refractivity contribution is -0.135. The first-order valence-corrected chi connectivity index (χ1v) is 8.84. The summed E-state index contributed by atoms with van der Waals surface area (Å²) in [6.07, 6.45) is 5.50. The molecule has 0 bridgehead atoms. The number of piperidine rings is 1. The zero-order valence-electron chi connectivity index (χ0n) is 11.1. The van der Waals surface area contributed by atoms with Crippen molar-refractivity contribution in [3.63, 3.8) is 0 Å². The van der Waals surface area contributed by atoms with Gasteiger partial charge >= 0.3 is 0 Å². The molecular formula is C13H23NO3S. The Morgan fingerprint density at radius 1 is 1.28 bits per heavy atom. The van der Waals surface area contributed by atoms with Crippen LogP contribution < -0.4 is 0 Å². The van der Waals surface area contributed by atoms with Crippen molar-refractivity contribution in [3.05, 3.63) is 0 Å². The van der Waals surface area contributed by atoms with E-state index >= 15 is 0 Å². The average molecular weight is 273 g/mol. The van der Waals surface area contributed by atoms with E-state index in [0.29, 0.717) is 18.9 Å². The molecule has 2 aliphatic heterocycles. The molecule has 2 aliphatic rings. The maximum absolute atomic E-state index is 12.3. The van der Waals surface area contributed by atoms with Gasteiger partial charge in [0.25, 0.3) is 0 Å². The van der Waals surface area contributed by atoms with Gasteiger partial charge in [0.2, 0.25) is 5.91 Å². The van der Waals surface area contributed by atoms with Crippen molar-refractivity contribution in [1.82, 2.24) is 4.90 Å². The molecule has 2 rings (SSSR count). The Morgan fingerprint density at radius 3 is 2.67 bits per heavy atom. The first-order valence-electron chi connectivity index (χ1n) is 7.01. The molecule has 0 N–H and O–H groups in total. The van der Waals surface area contributed by atoms with Crippen LogP contribution in [-0.2, 0) is 14.6 Å². The number of rotatable bonds is 3. The summed E-state index contributed by atoms with van der Waals surface area (Å²) >= 11 is 0. The van der Waals surface area contributed by atoms with E-state index in [1.165, 1.54) is 6.42 Å². The Hall–Kier alpha value is -0.580. The number of likely N-dealkylation sites (tertiary alicyclic amines) is 1. The van der Waals surface area contributed by atoms with Crippen LogP contribution >= 0.6 is 0 Å². The maximum atomic E-state index is 12.3. The van der Waals surface area contributed by atoms with E-state index in [4.69, 9.17) is 0 Å². The highest BCUT2D eigenvalue weighted by atomic mass is 32.2. The van der Waals surface area contributed by atoms with E-state index in [2.05, 4.69) is 6.92 Å². The van der Waals surface area contributed by atoms with E-state index < -0.39 is 9.84 Å². The summed E-state index contributed by atoms with van der Waals surface area (Å²) in [6, 6.07) is 0.379. The number of sulfone groups is 1. The molecule has 0 aromatic carbocycles. The van der Waals surface area contributed by atoms with E-state index in [9.17, 15) is 13.2 Å². The minimum Gasteiger partial charge on any atom is -0.340 e. The summed E-state index contributed by atoms with van der Waals surface area (Å²) in [7, 11) is -2.86. The number of carbonyl (C=O) groups is 1. The van der Waals surface area contributed by atoms with Crippen LogP contribution in [0.15, 0.2) is 0 Å². The predicted molar refractivity (Wildman–Crippen MR) is 71.0 cm³/mol. The average Bonchev–Trinajstić information content (AvgIpc) is 2.68. The number of amides is 1. The van der Waals surface area contributed by atoms with Crippen molar-refractivity contribution in [3.8, 4) is 0 Å². The summed E-state index contributed by atoms with van der Waals surface area (Å²) in [5.41, 5.74) is 0. The fourth-order valence-corrected chi connectivity index (χ4v) is 5.01. The Kier molecular flexibility index (Phi) is 4.30. The van der Waals surface area contributed by atoms with Crippen molar-refractivity contribution >= 4 is 15.7 Å². The number of nitrogens with zero attached hydrogens (tertiary/aromatic N) is 1. The summed E-state index contributed by atoms with van der Waals surface area (Å²) in [4.78, 5) is 14.3. The second-order valence-electron chi connectivity index (χ2n) is 5.62. The van der Waals surface area contributed by atoms with Gasteiger partial charge < -0.3 is 4.90 Å². The quantitative estimate of drug-likeness (QED) is 0.785. The Morgan fingerprint density at radius 2 is 2.06 bits per heavy atom. The zero-order chi connectivity index (χ0) is 13.2. The minimum atomic E-state index is -2.86. The smallest absolute Gasteiger partial charge is 0.223 e. The van der Waals surface area contributed by atoms with Gasteiger partial charge in [-0.2, -0.15) is 0 Å². The molecule has 2 fully saturated rings. The molecule has 0 radical (unpaired) electrons. The third kappa shape index (κ3) is 3.25. The topological polar surface area (TPSA) is 54.5 Å². The van der Waals surface area contributed by atoms with Crippen molar-refractivity contribution < 1.29 is 13.2 Å². The van der Waals surface area contributed by atoms with Crippen molar-refractivity contribution in [1.29, 1.82) is 0 Å². The Bertz CT molecular complexity index is 404. The van der Waals surface area contributed by atoms with E-state index in [-0.39, 0.29) is 23.3 Å². The van der Waals surface area contributed by atoms with Crippen molar-refractivity contribution in [2.24, 2.45) is 5.92 Å². The standard InChI is InChI=1S/C13H23NO3S/c1-2-12-5-3-4-7-14(12)13(15)9-11-6-8-18(16,17)10-11/h11-12H,2-10H2,1H3. The lowest BCUT2D eigenvalue weighted by Crippen LogP contribution is -2.44. The molecule has 2 heterocycles. The SMILES string of the molecule is CCC1CCCCN1C(=O)CC1CCS(=O)(=O)C1. The van der Waals surface area contributed by atoms with Gasteiger partial charge in [-0.15, -0.1) is 0 Å². The second-order valence-corrected chi connectivity index (χ2v) is 7.85. The number of hydrogen-bond donors (Lipinski definition) is 0. The largest absolute Gasteiger partial charge is 0.340 e. The lowest BCUT2D eigenvalue weighted by Gasteiger charge is -2.35. The monoisotopic (exact) mass is 273 g/mol. The van der Waals surface area contributed by atoms with E-state index in [0.717, 1.165) is 25.8 Å². The molecule has 2 saturated heterocycles. The fraction of sp³-hybridized carbons (Fsp3) is 0.923. The second kappa shape index (κ2) is 5.59. The van der Waals surface area contributed by atoms with Crippen LogP contribution in [0, 0.1) is 5.92 Å². The highest BCUT2D eigenvalue weighted by Gasteiger charge is 2.32. The van der Waals surface area contributed by atoms with Crippen LogP contribution in [0.4, 0.5) is 0 Å². The molecule has 0 aliphatic carbocycles. The first kappa shape index (κ1) is 13.8. The van der Waals surface area contributed by atoms with Gasteiger partial charge in [0.15, 0.2) is 9.84 Å². The molecule has 0 aromatic heterocycles. The van der Waals surface area contributed by atoms with E-state index in [1.807, 2.05) is 4.90 Å².